The Morgan fingerprint density at radius 3 is 2.44 bits per heavy atom. The van der Waals surface area contributed by atoms with E-state index in [4.69, 9.17) is 25.8 Å². The zero-order valence-electron chi connectivity index (χ0n) is 16.7. The lowest BCUT2D eigenvalue weighted by molar-refractivity contribution is -0.129. The predicted molar refractivity (Wildman–Crippen MR) is 124 cm³/mol. The van der Waals surface area contributed by atoms with Gasteiger partial charge in [-0.15, -0.1) is 0 Å². The van der Waals surface area contributed by atoms with E-state index >= 15 is 0 Å². The van der Waals surface area contributed by atoms with Crippen LogP contribution in [0.3, 0.4) is 0 Å². The molecule has 0 saturated heterocycles. The van der Waals surface area contributed by atoms with Gasteiger partial charge in [0.25, 0.3) is 0 Å². The van der Waals surface area contributed by atoms with Crippen LogP contribution in [0.15, 0.2) is 81.9 Å². The van der Waals surface area contributed by atoms with Crippen LogP contribution in [0.5, 0.6) is 11.5 Å². The zero-order valence-corrected chi connectivity index (χ0v) is 19.0. The molecule has 0 radical (unpaired) electrons. The Morgan fingerprint density at radius 2 is 1.75 bits per heavy atom. The number of ether oxygens (including phenoxy) is 3. The molecular formula is C24H15BrClNO5. The fourth-order valence-electron chi connectivity index (χ4n) is 2.89. The fraction of sp³-hybridized carbons (Fsp3) is 0.0417. The molecule has 0 fully saturated rings. The molecule has 0 unspecified atom stereocenters. The first-order valence-corrected chi connectivity index (χ1v) is 10.5. The maximum atomic E-state index is 12.4. The summed E-state index contributed by atoms with van der Waals surface area (Å²) < 4.78 is 17.0. The van der Waals surface area contributed by atoms with Gasteiger partial charge in [-0.05, 0) is 72.3 Å². The van der Waals surface area contributed by atoms with E-state index < -0.39 is 11.9 Å². The van der Waals surface area contributed by atoms with E-state index in [9.17, 15) is 9.59 Å². The molecule has 0 amide bonds. The molecule has 6 nitrogen and oxygen atoms in total. The van der Waals surface area contributed by atoms with E-state index in [0.717, 1.165) is 4.47 Å². The number of hydrogen-bond donors (Lipinski definition) is 0. The largest absolute Gasteiger partial charge is 0.493 e. The minimum Gasteiger partial charge on any atom is -0.493 e. The average molecular weight is 513 g/mol. The SMILES string of the molecule is COc1cc(/C=C2\N=C(c3ccc(Br)cc3)OC2=O)ccc1OC(=O)c1ccc(Cl)cc1. The van der Waals surface area contributed by atoms with Crippen LogP contribution in [0.1, 0.15) is 21.5 Å². The van der Waals surface area contributed by atoms with Crippen molar-refractivity contribution in [2.45, 2.75) is 0 Å². The number of cyclic esters (lactones) is 1. The molecule has 0 spiro atoms. The summed E-state index contributed by atoms with van der Waals surface area (Å²) in [6.45, 7) is 0. The molecule has 4 rings (SSSR count). The van der Waals surface area contributed by atoms with Crippen molar-refractivity contribution in [3.63, 3.8) is 0 Å². The van der Waals surface area contributed by atoms with Gasteiger partial charge in [0.15, 0.2) is 17.2 Å². The summed E-state index contributed by atoms with van der Waals surface area (Å²) in [6, 6.07) is 18.5. The van der Waals surface area contributed by atoms with E-state index in [1.54, 1.807) is 60.7 Å². The molecule has 0 aliphatic carbocycles. The van der Waals surface area contributed by atoms with Gasteiger partial charge >= 0.3 is 11.9 Å². The van der Waals surface area contributed by atoms with Gasteiger partial charge in [-0.2, -0.15) is 0 Å². The highest BCUT2D eigenvalue weighted by atomic mass is 79.9. The summed E-state index contributed by atoms with van der Waals surface area (Å²) in [5, 5.41) is 0.521. The van der Waals surface area contributed by atoms with Gasteiger partial charge < -0.3 is 14.2 Å². The van der Waals surface area contributed by atoms with Gasteiger partial charge in [0, 0.05) is 15.1 Å². The first-order valence-electron chi connectivity index (χ1n) is 9.37. The highest BCUT2D eigenvalue weighted by molar-refractivity contribution is 9.10. The van der Waals surface area contributed by atoms with Crippen LogP contribution in [-0.2, 0) is 9.53 Å². The molecule has 32 heavy (non-hydrogen) atoms. The second-order valence-corrected chi connectivity index (χ2v) is 8.00. The Balaban J connectivity index is 1.56. The lowest BCUT2D eigenvalue weighted by atomic mass is 10.1. The van der Waals surface area contributed by atoms with Crippen molar-refractivity contribution in [1.82, 2.24) is 0 Å². The highest BCUT2D eigenvalue weighted by Gasteiger charge is 2.24. The number of rotatable bonds is 5. The molecular weight excluding hydrogens is 498 g/mol. The molecule has 3 aromatic rings. The van der Waals surface area contributed by atoms with Crippen molar-refractivity contribution < 1.29 is 23.8 Å². The number of aliphatic imine (C=N–C) groups is 1. The number of nitrogens with zero attached hydrogens (tertiary/aromatic N) is 1. The topological polar surface area (TPSA) is 74.2 Å². The third-order valence-corrected chi connectivity index (χ3v) is 5.27. The van der Waals surface area contributed by atoms with Crippen molar-refractivity contribution in [2.75, 3.05) is 7.11 Å². The number of carbonyl (C=O) groups is 2. The second kappa shape index (κ2) is 9.38. The maximum absolute atomic E-state index is 12.4. The Morgan fingerprint density at radius 1 is 1.03 bits per heavy atom. The van der Waals surface area contributed by atoms with Crippen LogP contribution in [0.25, 0.3) is 6.08 Å². The van der Waals surface area contributed by atoms with E-state index in [1.165, 1.54) is 7.11 Å². The quantitative estimate of drug-likeness (QED) is 0.250. The van der Waals surface area contributed by atoms with Crippen LogP contribution in [-0.4, -0.2) is 24.9 Å². The predicted octanol–water partition coefficient (Wildman–Crippen LogP) is 5.67. The van der Waals surface area contributed by atoms with Gasteiger partial charge in [0.2, 0.25) is 5.90 Å². The number of benzene rings is 3. The Kier molecular flexibility index (Phi) is 6.39. The number of carbonyl (C=O) groups excluding carboxylic acids is 2. The Bertz CT molecular complexity index is 1250. The lowest BCUT2D eigenvalue weighted by Gasteiger charge is -2.10. The molecule has 3 aromatic carbocycles. The van der Waals surface area contributed by atoms with Crippen LogP contribution >= 0.6 is 27.5 Å². The second-order valence-electron chi connectivity index (χ2n) is 6.65. The molecule has 0 atom stereocenters. The molecule has 1 aliphatic rings. The summed E-state index contributed by atoms with van der Waals surface area (Å²) >= 11 is 9.21. The van der Waals surface area contributed by atoms with Gasteiger partial charge in [-0.1, -0.05) is 33.6 Å². The molecule has 1 aliphatic heterocycles. The molecule has 1 heterocycles. The van der Waals surface area contributed by atoms with Crippen molar-refractivity contribution in [2.24, 2.45) is 4.99 Å². The number of esters is 2. The molecule has 0 bridgehead atoms. The third-order valence-electron chi connectivity index (χ3n) is 4.49. The molecule has 0 saturated carbocycles. The average Bonchev–Trinajstić information content (AvgIpc) is 3.15. The normalized spacial score (nSPS) is 14.2. The fourth-order valence-corrected chi connectivity index (χ4v) is 3.28. The van der Waals surface area contributed by atoms with E-state index in [1.807, 2.05) is 12.1 Å². The van der Waals surface area contributed by atoms with E-state index in [-0.39, 0.29) is 17.3 Å². The van der Waals surface area contributed by atoms with Gasteiger partial charge in [-0.3, -0.25) is 0 Å². The van der Waals surface area contributed by atoms with Crippen LogP contribution < -0.4 is 9.47 Å². The smallest absolute Gasteiger partial charge is 0.363 e. The van der Waals surface area contributed by atoms with Gasteiger partial charge in [-0.25, -0.2) is 14.6 Å². The Hall–Kier alpha value is -3.42. The molecule has 8 heteroatoms. The first-order chi connectivity index (χ1) is 15.4. The maximum Gasteiger partial charge on any atom is 0.363 e. The standard InChI is InChI=1S/C24H15BrClNO5/c1-30-21-13-14(2-11-20(21)31-23(28)16-5-9-18(26)10-6-16)12-19-24(29)32-22(27-19)15-3-7-17(25)8-4-15/h2-13H,1H3/b19-12-. The van der Waals surface area contributed by atoms with Crippen LogP contribution in [0.2, 0.25) is 5.02 Å². The summed E-state index contributed by atoms with van der Waals surface area (Å²) in [4.78, 5) is 28.9. The van der Waals surface area contributed by atoms with Crippen molar-refractivity contribution >= 4 is 51.4 Å². The molecule has 0 aromatic heterocycles. The summed E-state index contributed by atoms with van der Waals surface area (Å²) in [6.07, 6.45) is 1.57. The summed E-state index contributed by atoms with van der Waals surface area (Å²) in [7, 11) is 1.46. The summed E-state index contributed by atoms with van der Waals surface area (Å²) in [5.41, 5.74) is 1.81. The highest BCUT2D eigenvalue weighted by Crippen LogP contribution is 2.30. The zero-order chi connectivity index (χ0) is 22.7. The van der Waals surface area contributed by atoms with Crippen molar-refractivity contribution in [3.8, 4) is 11.5 Å². The lowest BCUT2D eigenvalue weighted by Crippen LogP contribution is -2.09. The third kappa shape index (κ3) is 4.90. The monoisotopic (exact) mass is 511 g/mol. The van der Waals surface area contributed by atoms with Crippen LogP contribution in [0.4, 0.5) is 0 Å². The van der Waals surface area contributed by atoms with Gasteiger partial charge in [0.05, 0.1) is 12.7 Å². The van der Waals surface area contributed by atoms with Crippen molar-refractivity contribution in [1.29, 1.82) is 0 Å². The first kappa shape index (κ1) is 21.8. The Labute approximate surface area is 197 Å². The van der Waals surface area contributed by atoms with Gasteiger partial charge in [0.1, 0.15) is 0 Å². The van der Waals surface area contributed by atoms with E-state index in [2.05, 4.69) is 20.9 Å². The molecule has 160 valence electrons. The minimum atomic E-state index is -0.555. The van der Waals surface area contributed by atoms with E-state index in [0.29, 0.717) is 27.5 Å². The number of hydrogen-bond acceptors (Lipinski definition) is 6. The number of halogens is 2. The summed E-state index contributed by atoms with van der Waals surface area (Å²) in [5.74, 6) is -0.309. The van der Waals surface area contributed by atoms with Crippen molar-refractivity contribution in [3.05, 3.63) is 98.6 Å². The number of methoxy groups -OCH3 is 1. The minimum absolute atomic E-state index is 0.149. The molecule has 0 N–H and O–H groups in total. The van der Waals surface area contributed by atoms with Crippen LogP contribution in [0, 0.1) is 0 Å².